The molecule has 0 aliphatic carbocycles. The van der Waals surface area contributed by atoms with E-state index in [2.05, 4.69) is 5.32 Å². The maximum Gasteiger partial charge on any atom is 0.231 e. The number of carbonyl (C=O) groups is 1. The van der Waals surface area contributed by atoms with Crippen molar-refractivity contribution in [2.75, 3.05) is 11.2 Å². The van der Waals surface area contributed by atoms with E-state index in [1.54, 1.807) is 11.3 Å². The number of rotatable bonds is 3. The Morgan fingerprint density at radius 2 is 2.13 bits per heavy atom. The summed E-state index contributed by atoms with van der Waals surface area (Å²) >= 11 is 7.33. The lowest BCUT2D eigenvalue weighted by molar-refractivity contribution is -0.122. The highest BCUT2D eigenvalue weighted by atomic mass is 35.5. The summed E-state index contributed by atoms with van der Waals surface area (Å²) in [5, 5.41) is 3.79. The summed E-state index contributed by atoms with van der Waals surface area (Å²) in [6.07, 6.45) is 0. The number of alkyl halides is 1. The van der Waals surface area contributed by atoms with Crippen molar-refractivity contribution in [3.05, 3.63) is 16.5 Å². The average Bonchev–Trinajstić information content (AvgIpc) is 2.46. The number of amides is 1. The Balaban J connectivity index is 2.75. The first-order valence-corrected chi connectivity index (χ1v) is 6.16. The Hall–Kier alpha value is -0.540. The van der Waals surface area contributed by atoms with E-state index in [0.29, 0.717) is 5.88 Å². The van der Waals surface area contributed by atoms with Gasteiger partial charge in [0.2, 0.25) is 5.91 Å². The molecule has 0 fully saturated rings. The number of hydrogen-bond acceptors (Lipinski definition) is 2. The molecule has 1 rings (SSSR count). The van der Waals surface area contributed by atoms with Crippen LogP contribution in [-0.4, -0.2) is 11.8 Å². The minimum absolute atomic E-state index is 0.0289. The summed E-state index contributed by atoms with van der Waals surface area (Å²) in [6, 6.07) is 1.99. The monoisotopic (exact) mass is 245 g/mol. The van der Waals surface area contributed by atoms with Gasteiger partial charge in [-0.15, -0.1) is 22.9 Å². The fourth-order valence-electron chi connectivity index (χ4n) is 0.977. The Morgan fingerprint density at radius 3 is 2.53 bits per heavy atom. The van der Waals surface area contributed by atoms with E-state index in [1.165, 1.54) is 10.4 Å². The first kappa shape index (κ1) is 12.5. The lowest BCUT2D eigenvalue weighted by Gasteiger charge is -2.19. The third kappa shape index (κ3) is 2.95. The normalized spacial score (nSPS) is 11.5. The highest BCUT2D eigenvalue weighted by Gasteiger charge is 2.26. The van der Waals surface area contributed by atoms with Crippen LogP contribution < -0.4 is 5.32 Å². The van der Waals surface area contributed by atoms with Crippen LogP contribution in [0.4, 0.5) is 5.00 Å². The van der Waals surface area contributed by atoms with Gasteiger partial charge in [0, 0.05) is 10.8 Å². The van der Waals surface area contributed by atoms with E-state index in [4.69, 9.17) is 11.6 Å². The van der Waals surface area contributed by atoms with Crippen molar-refractivity contribution < 1.29 is 4.79 Å². The van der Waals surface area contributed by atoms with Crippen molar-refractivity contribution in [2.24, 2.45) is 5.41 Å². The molecule has 4 heteroatoms. The molecular weight excluding hydrogens is 230 g/mol. The van der Waals surface area contributed by atoms with Crippen LogP contribution in [0.3, 0.4) is 0 Å². The minimum Gasteiger partial charge on any atom is -0.317 e. The van der Waals surface area contributed by atoms with Crippen LogP contribution in [0.1, 0.15) is 24.3 Å². The molecular formula is C11H16ClNOS. The molecule has 15 heavy (non-hydrogen) atoms. The topological polar surface area (TPSA) is 29.1 Å². The predicted molar refractivity (Wildman–Crippen MR) is 66.9 cm³/mol. The maximum absolute atomic E-state index is 11.8. The zero-order valence-corrected chi connectivity index (χ0v) is 11.1. The fraction of sp³-hybridized carbons (Fsp3) is 0.545. The second kappa shape index (κ2) is 4.54. The van der Waals surface area contributed by atoms with Gasteiger partial charge in [0.25, 0.3) is 0 Å². The predicted octanol–water partition coefficient (Wildman–Crippen LogP) is 3.57. The highest BCUT2D eigenvalue weighted by molar-refractivity contribution is 7.16. The van der Waals surface area contributed by atoms with Crippen LogP contribution in [0.15, 0.2) is 6.07 Å². The van der Waals surface area contributed by atoms with Gasteiger partial charge < -0.3 is 5.32 Å². The molecule has 0 atom stereocenters. The van der Waals surface area contributed by atoms with Gasteiger partial charge in [-0.2, -0.15) is 0 Å². The number of anilines is 1. The summed E-state index contributed by atoms with van der Waals surface area (Å²) in [7, 11) is 0. The second-order valence-corrected chi connectivity index (χ2v) is 5.85. The molecule has 1 aromatic rings. The number of halogens is 1. The number of thiophene rings is 1. The van der Waals surface area contributed by atoms with Gasteiger partial charge in [-0.1, -0.05) is 0 Å². The Kier molecular flexibility index (Phi) is 3.79. The molecule has 0 radical (unpaired) electrons. The molecule has 0 saturated heterocycles. The van der Waals surface area contributed by atoms with Gasteiger partial charge in [0.05, 0.1) is 10.4 Å². The summed E-state index contributed by atoms with van der Waals surface area (Å²) in [4.78, 5) is 13.0. The van der Waals surface area contributed by atoms with Crippen LogP contribution in [0.25, 0.3) is 0 Å². The lowest BCUT2D eigenvalue weighted by atomic mass is 9.95. The summed E-state index contributed by atoms with van der Waals surface area (Å²) in [6.45, 7) is 7.75. The molecule has 1 aromatic heterocycles. The molecule has 1 N–H and O–H groups in total. The quantitative estimate of drug-likeness (QED) is 0.811. The molecule has 1 amide bonds. The van der Waals surface area contributed by atoms with E-state index < -0.39 is 5.41 Å². The summed E-state index contributed by atoms with van der Waals surface area (Å²) in [5.41, 5.74) is 0.687. The van der Waals surface area contributed by atoms with Crippen LogP contribution in [0.2, 0.25) is 0 Å². The van der Waals surface area contributed by atoms with Crippen molar-refractivity contribution in [1.82, 2.24) is 0 Å². The SMILES string of the molecule is Cc1cc(NC(=O)C(C)(C)CCl)sc1C. The Bertz CT molecular complexity index is 351. The smallest absolute Gasteiger partial charge is 0.231 e. The van der Waals surface area contributed by atoms with E-state index in [9.17, 15) is 4.79 Å². The lowest BCUT2D eigenvalue weighted by Crippen LogP contribution is -2.31. The van der Waals surface area contributed by atoms with Crippen molar-refractivity contribution in [2.45, 2.75) is 27.7 Å². The first-order chi connectivity index (χ1) is 6.86. The van der Waals surface area contributed by atoms with E-state index >= 15 is 0 Å². The van der Waals surface area contributed by atoms with Gasteiger partial charge in [0.15, 0.2) is 0 Å². The zero-order chi connectivity index (χ0) is 11.6. The second-order valence-electron chi connectivity index (χ2n) is 4.32. The molecule has 0 aromatic carbocycles. The van der Waals surface area contributed by atoms with Crippen molar-refractivity contribution >= 4 is 33.8 Å². The summed E-state index contributed by atoms with van der Waals surface area (Å²) < 4.78 is 0. The molecule has 84 valence electrons. The number of hydrogen-bond donors (Lipinski definition) is 1. The van der Waals surface area contributed by atoms with E-state index in [0.717, 1.165) is 5.00 Å². The highest BCUT2D eigenvalue weighted by Crippen LogP contribution is 2.27. The standard InChI is InChI=1S/C11H16ClNOS/c1-7-5-9(15-8(7)2)13-10(14)11(3,4)6-12/h5H,6H2,1-4H3,(H,13,14). The van der Waals surface area contributed by atoms with Crippen molar-refractivity contribution in [3.8, 4) is 0 Å². The van der Waals surface area contributed by atoms with Crippen LogP contribution >= 0.6 is 22.9 Å². The van der Waals surface area contributed by atoms with Crippen LogP contribution in [0.5, 0.6) is 0 Å². The molecule has 0 spiro atoms. The Morgan fingerprint density at radius 1 is 1.53 bits per heavy atom. The van der Waals surface area contributed by atoms with Crippen LogP contribution in [0, 0.1) is 19.3 Å². The number of aryl methyl sites for hydroxylation is 2. The Labute approximate surface area is 99.6 Å². The van der Waals surface area contributed by atoms with E-state index in [-0.39, 0.29) is 5.91 Å². The van der Waals surface area contributed by atoms with Crippen molar-refractivity contribution in [1.29, 1.82) is 0 Å². The first-order valence-electron chi connectivity index (χ1n) is 4.81. The van der Waals surface area contributed by atoms with Gasteiger partial charge in [-0.3, -0.25) is 4.79 Å². The zero-order valence-electron chi connectivity index (χ0n) is 9.48. The minimum atomic E-state index is -0.520. The third-order valence-electron chi connectivity index (χ3n) is 2.35. The maximum atomic E-state index is 11.8. The van der Waals surface area contributed by atoms with Crippen LogP contribution in [-0.2, 0) is 4.79 Å². The number of nitrogens with one attached hydrogen (secondary N) is 1. The summed E-state index contributed by atoms with van der Waals surface area (Å²) in [5.74, 6) is 0.293. The fourth-order valence-corrected chi connectivity index (χ4v) is 2.03. The number of carbonyl (C=O) groups excluding carboxylic acids is 1. The molecule has 1 heterocycles. The molecule has 0 aliphatic rings. The molecule has 0 aliphatic heterocycles. The van der Waals surface area contributed by atoms with Gasteiger partial charge in [0.1, 0.15) is 0 Å². The largest absolute Gasteiger partial charge is 0.317 e. The molecule has 0 saturated carbocycles. The van der Waals surface area contributed by atoms with Crippen molar-refractivity contribution in [3.63, 3.8) is 0 Å². The average molecular weight is 246 g/mol. The molecule has 0 unspecified atom stereocenters. The van der Waals surface area contributed by atoms with Gasteiger partial charge in [-0.05, 0) is 39.3 Å². The van der Waals surface area contributed by atoms with Gasteiger partial charge >= 0.3 is 0 Å². The van der Waals surface area contributed by atoms with E-state index in [1.807, 2.05) is 33.8 Å². The molecule has 2 nitrogen and oxygen atoms in total. The van der Waals surface area contributed by atoms with Gasteiger partial charge in [-0.25, -0.2) is 0 Å². The molecule has 0 bridgehead atoms. The third-order valence-corrected chi connectivity index (χ3v) is 4.09.